The van der Waals surface area contributed by atoms with E-state index in [1.165, 1.54) is 4.68 Å². The van der Waals surface area contributed by atoms with Crippen molar-refractivity contribution >= 4 is 44.6 Å². The van der Waals surface area contributed by atoms with Gasteiger partial charge in [0.05, 0.1) is 17.1 Å². The van der Waals surface area contributed by atoms with E-state index < -0.39 is 0 Å². The first-order chi connectivity index (χ1) is 17.4. The third-order valence-corrected chi connectivity index (χ3v) is 6.37. The van der Waals surface area contributed by atoms with Gasteiger partial charge in [-0.15, -0.1) is 0 Å². The average Bonchev–Trinajstić information content (AvgIpc) is 2.88. The molecule has 1 aromatic heterocycles. The fourth-order valence-electron chi connectivity index (χ4n) is 3.60. The minimum Gasteiger partial charge on any atom is -0.484 e. The highest BCUT2D eigenvalue weighted by Crippen LogP contribution is 2.21. The highest BCUT2D eigenvalue weighted by atomic mass is 79.9. The lowest BCUT2D eigenvalue weighted by molar-refractivity contribution is -0.118. The van der Waals surface area contributed by atoms with Gasteiger partial charge in [0.25, 0.3) is 11.5 Å². The van der Waals surface area contributed by atoms with Gasteiger partial charge >= 0.3 is 0 Å². The Hall–Kier alpha value is -3.78. The molecule has 0 fully saturated rings. The Bertz CT molecular complexity index is 1480. The Kier molecular flexibility index (Phi) is 7.95. The molecule has 3 aromatic carbocycles. The third kappa shape index (κ3) is 5.88. The van der Waals surface area contributed by atoms with Crippen LogP contribution < -0.4 is 15.6 Å². The molecule has 1 amide bonds. The summed E-state index contributed by atoms with van der Waals surface area (Å²) in [4.78, 5) is 30.2. The Morgan fingerprint density at radius 1 is 1.17 bits per heavy atom. The van der Waals surface area contributed by atoms with E-state index in [1.807, 2.05) is 62.4 Å². The van der Waals surface area contributed by atoms with Gasteiger partial charge in [0, 0.05) is 16.1 Å². The number of nitrogens with zero attached hydrogens (tertiary/aromatic N) is 3. The van der Waals surface area contributed by atoms with Crippen LogP contribution in [0.3, 0.4) is 0 Å². The summed E-state index contributed by atoms with van der Waals surface area (Å²) in [5, 5.41) is 7.83. The number of benzene rings is 3. The fourth-order valence-corrected chi connectivity index (χ4v) is 3.96. The molecule has 0 bridgehead atoms. The summed E-state index contributed by atoms with van der Waals surface area (Å²) >= 11 is 3.42. The van der Waals surface area contributed by atoms with Gasteiger partial charge in [-0.1, -0.05) is 48.0 Å². The van der Waals surface area contributed by atoms with Gasteiger partial charge in [-0.05, 0) is 73.0 Å². The predicted molar refractivity (Wildman–Crippen MR) is 147 cm³/mol. The topological polar surface area (TPSA) is 85.6 Å². The van der Waals surface area contributed by atoms with Crippen LogP contribution >= 0.6 is 15.9 Å². The summed E-state index contributed by atoms with van der Waals surface area (Å²) in [6, 6.07) is 20.2. The largest absolute Gasteiger partial charge is 0.484 e. The van der Waals surface area contributed by atoms with Crippen LogP contribution in [-0.2, 0) is 4.79 Å². The number of carbonyl (C=O) groups is 1. The molecule has 4 aromatic rings. The van der Waals surface area contributed by atoms with Crippen molar-refractivity contribution in [1.82, 2.24) is 9.66 Å². The maximum Gasteiger partial charge on any atom is 0.282 e. The summed E-state index contributed by atoms with van der Waals surface area (Å²) in [6.07, 6.45) is 2.45. The molecule has 0 unspecified atom stereocenters. The zero-order valence-corrected chi connectivity index (χ0v) is 22.0. The first-order valence-corrected chi connectivity index (χ1v) is 12.5. The molecule has 0 spiro atoms. The van der Waals surface area contributed by atoms with E-state index in [2.05, 4.69) is 33.3 Å². The zero-order chi connectivity index (χ0) is 25.7. The van der Waals surface area contributed by atoms with E-state index in [0.717, 1.165) is 27.7 Å². The number of hydrogen-bond donors (Lipinski definition) is 1. The molecule has 0 aliphatic carbocycles. The van der Waals surface area contributed by atoms with Crippen molar-refractivity contribution < 1.29 is 9.53 Å². The standard InChI is InChI=1S/C28H27BrN4O3/c1-4-18(2)27-32-25-14-11-21(29)15-23(25)28(35)33(27)30-16-20-9-12-22(13-10-20)36-17-26(34)31-24-8-6-5-7-19(24)3/h5-16,18H,4,17H2,1-3H3,(H,31,34)/t18-/m0/s1. The fraction of sp³-hybridized carbons (Fsp3) is 0.214. The van der Waals surface area contributed by atoms with Crippen molar-refractivity contribution in [2.24, 2.45) is 5.10 Å². The number of fused-ring (bicyclic) bond motifs is 1. The van der Waals surface area contributed by atoms with Crippen LogP contribution in [0.2, 0.25) is 0 Å². The molecule has 0 saturated heterocycles. The molecule has 7 nitrogen and oxygen atoms in total. The molecule has 1 atom stereocenters. The van der Waals surface area contributed by atoms with Crippen molar-refractivity contribution in [1.29, 1.82) is 0 Å². The highest BCUT2D eigenvalue weighted by Gasteiger charge is 2.15. The first kappa shape index (κ1) is 25.3. The smallest absolute Gasteiger partial charge is 0.282 e. The molecule has 36 heavy (non-hydrogen) atoms. The number of carbonyl (C=O) groups excluding carboxylic acids is 1. The van der Waals surface area contributed by atoms with Crippen LogP contribution in [0.5, 0.6) is 5.75 Å². The van der Waals surface area contributed by atoms with Crippen LogP contribution in [-0.4, -0.2) is 28.4 Å². The lowest BCUT2D eigenvalue weighted by Crippen LogP contribution is -2.23. The van der Waals surface area contributed by atoms with E-state index in [-0.39, 0.29) is 24.0 Å². The normalized spacial score (nSPS) is 12.1. The second kappa shape index (κ2) is 11.3. The SMILES string of the molecule is CC[C@H](C)c1nc2ccc(Br)cc2c(=O)n1N=Cc1ccc(OCC(=O)Nc2ccccc2C)cc1. The molecule has 0 aliphatic heterocycles. The first-order valence-electron chi connectivity index (χ1n) is 11.7. The predicted octanol–water partition coefficient (Wildman–Crippen LogP) is 5.88. The van der Waals surface area contributed by atoms with Gasteiger partial charge in [0.15, 0.2) is 6.61 Å². The minimum atomic E-state index is -0.234. The summed E-state index contributed by atoms with van der Waals surface area (Å²) in [5.41, 5.74) is 2.97. The number of para-hydroxylation sites is 1. The summed E-state index contributed by atoms with van der Waals surface area (Å²) in [5.74, 6) is 1.00. The average molecular weight is 547 g/mol. The Labute approximate surface area is 218 Å². The van der Waals surface area contributed by atoms with E-state index in [1.54, 1.807) is 24.4 Å². The van der Waals surface area contributed by atoms with Crippen LogP contribution in [0.4, 0.5) is 5.69 Å². The Balaban J connectivity index is 1.49. The highest BCUT2D eigenvalue weighted by molar-refractivity contribution is 9.10. The zero-order valence-electron chi connectivity index (χ0n) is 20.4. The second-order valence-corrected chi connectivity index (χ2v) is 9.44. The number of anilines is 1. The Morgan fingerprint density at radius 3 is 2.64 bits per heavy atom. The monoisotopic (exact) mass is 546 g/mol. The number of hydrogen-bond acceptors (Lipinski definition) is 5. The molecular weight excluding hydrogens is 520 g/mol. The summed E-state index contributed by atoms with van der Waals surface area (Å²) < 4.78 is 7.80. The van der Waals surface area contributed by atoms with Gasteiger partial charge in [-0.3, -0.25) is 9.59 Å². The van der Waals surface area contributed by atoms with Gasteiger partial charge in [0.2, 0.25) is 0 Å². The van der Waals surface area contributed by atoms with Crippen molar-refractivity contribution in [2.75, 3.05) is 11.9 Å². The molecule has 8 heteroatoms. The number of aryl methyl sites for hydroxylation is 1. The maximum absolute atomic E-state index is 13.2. The molecule has 0 radical (unpaired) electrons. The van der Waals surface area contributed by atoms with Gasteiger partial charge in [-0.25, -0.2) is 4.98 Å². The maximum atomic E-state index is 13.2. The molecule has 0 aliphatic rings. The summed E-state index contributed by atoms with van der Waals surface area (Å²) in [7, 11) is 0. The van der Waals surface area contributed by atoms with E-state index in [9.17, 15) is 9.59 Å². The molecule has 1 heterocycles. The molecular formula is C28H27BrN4O3. The van der Waals surface area contributed by atoms with Crippen LogP contribution in [0.1, 0.15) is 43.1 Å². The van der Waals surface area contributed by atoms with E-state index in [0.29, 0.717) is 22.5 Å². The van der Waals surface area contributed by atoms with Gasteiger partial charge < -0.3 is 10.1 Å². The molecule has 184 valence electrons. The second-order valence-electron chi connectivity index (χ2n) is 8.52. The Morgan fingerprint density at radius 2 is 1.92 bits per heavy atom. The third-order valence-electron chi connectivity index (χ3n) is 5.88. The van der Waals surface area contributed by atoms with Crippen LogP contribution in [0, 0.1) is 6.92 Å². The number of amides is 1. The van der Waals surface area contributed by atoms with E-state index in [4.69, 9.17) is 9.72 Å². The van der Waals surface area contributed by atoms with Gasteiger partial charge in [-0.2, -0.15) is 9.78 Å². The van der Waals surface area contributed by atoms with Crippen molar-refractivity contribution in [2.45, 2.75) is 33.1 Å². The molecule has 1 N–H and O–H groups in total. The number of nitrogens with one attached hydrogen (secondary N) is 1. The molecule has 0 saturated carbocycles. The number of ether oxygens (including phenoxy) is 1. The number of rotatable bonds is 8. The van der Waals surface area contributed by atoms with Crippen molar-refractivity contribution in [3.05, 3.63) is 98.5 Å². The van der Waals surface area contributed by atoms with Gasteiger partial charge in [0.1, 0.15) is 11.6 Å². The van der Waals surface area contributed by atoms with Crippen molar-refractivity contribution in [3.8, 4) is 5.75 Å². The quantitative estimate of drug-likeness (QED) is 0.279. The van der Waals surface area contributed by atoms with E-state index >= 15 is 0 Å². The number of halogens is 1. The lowest BCUT2D eigenvalue weighted by Gasteiger charge is -2.14. The van der Waals surface area contributed by atoms with Crippen molar-refractivity contribution in [3.63, 3.8) is 0 Å². The molecule has 4 rings (SSSR count). The van der Waals surface area contributed by atoms with Crippen LogP contribution in [0.25, 0.3) is 10.9 Å². The number of aromatic nitrogens is 2. The summed E-state index contributed by atoms with van der Waals surface area (Å²) in [6.45, 7) is 5.91. The van der Waals surface area contributed by atoms with Crippen LogP contribution in [0.15, 0.2) is 81.1 Å². The lowest BCUT2D eigenvalue weighted by atomic mass is 10.1. The minimum absolute atomic E-state index is 0.0597.